The molecule has 0 unspecified atom stereocenters. The van der Waals surface area contributed by atoms with Crippen molar-refractivity contribution >= 4 is 22.7 Å². The van der Waals surface area contributed by atoms with Crippen LogP contribution in [0.4, 0.5) is 11.6 Å². The van der Waals surface area contributed by atoms with Gasteiger partial charge in [-0.05, 0) is 72.1 Å². The quantitative estimate of drug-likeness (QED) is 0.706. The molecule has 1 aliphatic carbocycles. The van der Waals surface area contributed by atoms with Crippen molar-refractivity contribution < 1.29 is 9.37 Å². The SMILES string of the molecule is c1cnc(NC2CCC(Cc3cc(N4CCOCC4)cc4nonc34)CC2)nc1. The number of rotatable bonds is 5. The number of fused-ring (bicyclic) bond motifs is 1. The van der Waals surface area contributed by atoms with Crippen molar-refractivity contribution in [1.82, 2.24) is 20.3 Å². The van der Waals surface area contributed by atoms with Crippen LogP contribution >= 0.6 is 0 Å². The van der Waals surface area contributed by atoms with Crippen LogP contribution in [-0.2, 0) is 11.2 Å². The second-order valence-electron chi connectivity index (χ2n) is 7.97. The highest BCUT2D eigenvalue weighted by molar-refractivity contribution is 5.82. The van der Waals surface area contributed by atoms with Gasteiger partial charge in [-0.15, -0.1) is 0 Å². The van der Waals surface area contributed by atoms with Crippen LogP contribution in [-0.4, -0.2) is 52.6 Å². The summed E-state index contributed by atoms with van der Waals surface area (Å²) in [5.74, 6) is 1.37. The molecule has 2 fully saturated rings. The summed E-state index contributed by atoms with van der Waals surface area (Å²) in [6.07, 6.45) is 9.19. The van der Waals surface area contributed by atoms with Crippen molar-refractivity contribution in [2.75, 3.05) is 36.5 Å². The van der Waals surface area contributed by atoms with Gasteiger partial charge in [0.05, 0.1) is 13.2 Å². The Morgan fingerprint density at radius 3 is 2.59 bits per heavy atom. The van der Waals surface area contributed by atoms with Gasteiger partial charge >= 0.3 is 0 Å². The van der Waals surface area contributed by atoms with E-state index in [2.05, 4.69) is 42.6 Å². The van der Waals surface area contributed by atoms with E-state index in [9.17, 15) is 0 Å². The summed E-state index contributed by atoms with van der Waals surface area (Å²) in [5, 5.41) is 11.8. The van der Waals surface area contributed by atoms with Crippen LogP contribution in [0.25, 0.3) is 11.0 Å². The third kappa shape index (κ3) is 4.17. The predicted octanol–water partition coefficient (Wildman–Crippen LogP) is 3.06. The molecule has 152 valence electrons. The van der Waals surface area contributed by atoms with Gasteiger partial charge < -0.3 is 15.0 Å². The first kappa shape index (κ1) is 18.3. The minimum Gasteiger partial charge on any atom is -0.378 e. The van der Waals surface area contributed by atoms with Gasteiger partial charge in [0.1, 0.15) is 11.0 Å². The Balaban J connectivity index is 1.26. The Morgan fingerprint density at radius 2 is 1.79 bits per heavy atom. The average Bonchev–Trinajstić information content (AvgIpc) is 3.26. The third-order valence-corrected chi connectivity index (χ3v) is 6.06. The van der Waals surface area contributed by atoms with Gasteiger partial charge in [-0.25, -0.2) is 14.6 Å². The van der Waals surface area contributed by atoms with Crippen LogP contribution in [0.3, 0.4) is 0 Å². The summed E-state index contributed by atoms with van der Waals surface area (Å²) < 4.78 is 10.5. The maximum absolute atomic E-state index is 5.50. The molecule has 0 radical (unpaired) electrons. The molecule has 0 spiro atoms. The van der Waals surface area contributed by atoms with Gasteiger partial charge in [0, 0.05) is 37.2 Å². The van der Waals surface area contributed by atoms with Crippen molar-refractivity contribution in [3.05, 3.63) is 36.2 Å². The Labute approximate surface area is 169 Å². The van der Waals surface area contributed by atoms with E-state index in [1.165, 1.54) is 24.1 Å². The van der Waals surface area contributed by atoms with Gasteiger partial charge in [0.25, 0.3) is 0 Å². The van der Waals surface area contributed by atoms with Crippen molar-refractivity contribution in [3.8, 4) is 0 Å². The smallest absolute Gasteiger partial charge is 0.222 e. The minimum absolute atomic E-state index is 0.446. The molecule has 3 aromatic rings. The molecule has 8 nitrogen and oxygen atoms in total. The molecule has 1 aliphatic heterocycles. The highest BCUT2D eigenvalue weighted by atomic mass is 16.6. The number of anilines is 2. The molecular weight excluding hydrogens is 368 g/mol. The van der Waals surface area contributed by atoms with Crippen molar-refractivity contribution in [1.29, 1.82) is 0 Å². The molecule has 1 saturated heterocycles. The van der Waals surface area contributed by atoms with E-state index in [0.29, 0.717) is 12.0 Å². The topological polar surface area (TPSA) is 89.2 Å². The van der Waals surface area contributed by atoms with Crippen LogP contribution in [0, 0.1) is 5.92 Å². The third-order valence-electron chi connectivity index (χ3n) is 6.06. The lowest BCUT2D eigenvalue weighted by molar-refractivity contribution is 0.122. The Bertz CT molecular complexity index is 933. The maximum atomic E-state index is 5.50. The lowest BCUT2D eigenvalue weighted by Gasteiger charge is -2.30. The first-order valence-electron chi connectivity index (χ1n) is 10.5. The van der Waals surface area contributed by atoms with Gasteiger partial charge in [-0.2, -0.15) is 0 Å². The molecule has 8 heteroatoms. The van der Waals surface area contributed by atoms with Gasteiger partial charge in [-0.1, -0.05) is 0 Å². The molecule has 1 aromatic carbocycles. The average molecular weight is 394 g/mol. The molecule has 1 saturated carbocycles. The summed E-state index contributed by atoms with van der Waals surface area (Å²) in [5.41, 5.74) is 4.19. The molecule has 5 rings (SSSR count). The number of benzene rings is 1. The zero-order chi connectivity index (χ0) is 19.5. The number of ether oxygens (including phenoxy) is 1. The van der Waals surface area contributed by atoms with E-state index in [4.69, 9.17) is 9.37 Å². The van der Waals surface area contributed by atoms with Crippen LogP contribution in [0.2, 0.25) is 0 Å². The van der Waals surface area contributed by atoms with E-state index in [0.717, 1.165) is 62.5 Å². The highest BCUT2D eigenvalue weighted by Gasteiger charge is 2.24. The van der Waals surface area contributed by atoms with Crippen LogP contribution in [0.1, 0.15) is 31.2 Å². The zero-order valence-electron chi connectivity index (χ0n) is 16.5. The second-order valence-corrected chi connectivity index (χ2v) is 7.97. The molecule has 29 heavy (non-hydrogen) atoms. The Kier molecular flexibility index (Phi) is 5.25. The molecule has 0 atom stereocenters. The number of aromatic nitrogens is 4. The molecule has 0 bridgehead atoms. The van der Waals surface area contributed by atoms with Crippen molar-refractivity contribution in [3.63, 3.8) is 0 Å². The fourth-order valence-electron chi connectivity index (χ4n) is 4.48. The molecule has 2 aliphatic rings. The predicted molar refractivity (Wildman–Crippen MR) is 110 cm³/mol. The van der Waals surface area contributed by atoms with E-state index < -0.39 is 0 Å². The fraction of sp³-hybridized carbons (Fsp3) is 0.524. The summed E-state index contributed by atoms with van der Waals surface area (Å²) >= 11 is 0. The number of nitrogens with zero attached hydrogens (tertiary/aromatic N) is 5. The molecular formula is C21H26N6O2. The van der Waals surface area contributed by atoms with Gasteiger partial charge in [0.15, 0.2) is 0 Å². The summed E-state index contributed by atoms with van der Waals surface area (Å²) in [6, 6.07) is 6.65. The molecule has 1 N–H and O–H groups in total. The molecule has 0 amide bonds. The lowest BCUT2D eigenvalue weighted by Crippen LogP contribution is -2.36. The number of hydrogen-bond donors (Lipinski definition) is 1. The highest BCUT2D eigenvalue weighted by Crippen LogP contribution is 2.32. The minimum atomic E-state index is 0.446. The Morgan fingerprint density at radius 1 is 1.00 bits per heavy atom. The standard InChI is InChI=1S/C21H26N6O2/c1-6-22-21(23-7-1)24-17-4-2-15(3-5-17)12-16-13-18(27-8-10-28-11-9-27)14-19-20(16)26-29-25-19/h1,6-7,13-15,17H,2-5,8-12H2,(H,22,23,24). The summed E-state index contributed by atoms with van der Waals surface area (Å²) in [7, 11) is 0. The number of hydrogen-bond acceptors (Lipinski definition) is 8. The largest absolute Gasteiger partial charge is 0.378 e. The first-order chi connectivity index (χ1) is 14.3. The van der Waals surface area contributed by atoms with E-state index in [-0.39, 0.29) is 0 Å². The van der Waals surface area contributed by atoms with Crippen LogP contribution in [0.5, 0.6) is 0 Å². The summed E-state index contributed by atoms with van der Waals surface area (Å²) in [4.78, 5) is 10.9. The second kappa shape index (κ2) is 8.32. The summed E-state index contributed by atoms with van der Waals surface area (Å²) in [6.45, 7) is 3.36. The number of morpholine rings is 1. The van der Waals surface area contributed by atoms with E-state index in [1.54, 1.807) is 12.4 Å². The Hall–Kier alpha value is -2.74. The van der Waals surface area contributed by atoms with Crippen molar-refractivity contribution in [2.24, 2.45) is 5.92 Å². The monoisotopic (exact) mass is 394 g/mol. The lowest BCUT2D eigenvalue weighted by atomic mass is 9.82. The number of nitrogens with one attached hydrogen (secondary N) is 1. The molecule has 3 heterocycles. The first-order valence-corrected chi connectivity index (χ1v) is 10.5. The zero-order valence-corrected chi connectivity index (χ0v) is 16.5. The van der Waals surface area contributed by atoms with E-state index >= 15 is 0 Å². The maximum Gasteiger partial charge on any atom is 0.222 e. The normalized spacial score (nSPS) is 22.7. The van der Waals surface area contributed by atoms with Gasteiger partial charge in [0.2, 0.25) is 5.95 Å². The van der Waals surface area contributed by atoms with Gasteiger partial charge in [-0.3, -0.25) is 0 Å². The van der Waals surface area contributed by atoms with E-state index in [1.807, 2.05) is 6.07 Å². The fourth-order valence-corrected chi connectivity index (χ4v) is 4.48. The molecule has 2 aromatic heterocycles. The van der Waals surface area contributed by atoms with Crippen LogP contribution < -0.4 is 10.2 Å². The van der Waals surface area contributed by atoms with Crippen molar-refractivity contribution in [2.45, 2.75) is 38.1 Å². The van der Waals surface area contributed by atoms with Crippen LogP contribution in [0.15, 0.2) is 35.2 Å².